The van der Waals surface area contributed by atoms with Gasteiger partial charge in [-0.25, -0.2) is 0 Å². The molecule has 0 aromatic heterocycles. The third-order valence-corrected chi connectivity index (χ3v) is 3.81. The zero-order chi connectivity index (χ0) is 15.2. The maximum Gasteiger partial charge on any atom is 0.292 e. The van der Waals surface area contributed by atoms with Gasteiger partial charge in [0.1, 0.15) is 5.69 Å². The van der Waals surface area contributed by atoms with Crippen LogP contribution in [0.5, 0.6) is 0 Å². The van der Waals surface area contributed by atoms with Crippen LogP contribution in [0, 0.1) is 10.1 Å². The summed E-state index contributed by atoms with van der Waals surface area (Å²) in [7, 11) is 0. The molecule has 1 saturated heterocycles. The average molecular weight is 289 g/mol. The smallest absolute Gasteiger partial charge is 0.292 e. The molecular formula is C16H23N3O2. The topological polar surface area (TPSA) is 58.4 Å². The molecule has 2 rings (SSSR count). The number of benzene rings is 1. The first-order chi connectivity index (χ1) is 10.1. The van der Waals surface area contributed by atoms with Gasteiger partial charge in [0.15, 0.2) is 0 Å². The van der Waals surface area contributed by atoms with E-state index in [4.69, 9.17) is 0 Å². The van der Waals surface area contributed by atoms with Gasteiger partial charge in [-0.15, -0.1) is 0 Å². The number of rotatable bonds is 5. The fourth-order valence-electron chi connectivity index (χ4n) is 2.55. The van der Waals surface area contributed by atoms with Crippen molar-refractivity contribution in [1.82, 2.24) is 4.90 Å². The molecule has 5 nitrogen and oxygen atoms in total. The number of likely N-dealkylation sites (tertiary alicyclic amines) is 1. The lowest BCUT2D eigenvalue weighted by Gasteiger charge is -2.32. The molecule has 0 unspecified atom stereocenters. The highest BCUT2D eigenvalue weighted by molar-refractivity contribution is 5.61. The number of nitrogens with zero attached hydrogens (tertiary/aromatic N) is 2. The minimum absolute atomic E-state index is 0.157. The summed E-state index contributed by atoms with van der Waals surface area (Å²) in [6.45, 7) is 7.29. The van der Waals surface area contributed by atoms with Gasteiger partial charge in [0.25, 0.3) is 5.69 Å². The molecule has 1 heterocycles. The third kappa shape index (κ3) is 4.56. The van der Waals surface area contributed by atoms with Gasteiger partial charge < -0.3 is 5.32 Å². The third-order valence-electron chi connectivity index (χ3n) is 3.81. The molecule has 0 amide bonds. The highest BCUT2D eigenvalue weighted by Gasteiger charge is 2.21. The Morgan fingerprint density at radius 1 is 1.38 bits per heavy atom. The molecule has 1 aromatic rings. The number of piperidine rings is 1. The second-order valence-electron chi connectivity index (χ2n) is 5.77. The molecule has 0 spiro atoms. The molecule has 0 aliphatic carbocycles. The number of para-hydroxylation sites is 2. The van der Waals surface area contributed by atoms with Crippen LogP contribution in [0.2, 0.25) is 0 Å². The van der Waals surface area contributed by atoms with Gasteiger partial charge in [0.2, 0.25) is 0 Å². The Morgan fingerprint density at radius 2 is 2.05 bits per heavy atom. The number of hydrogen-bond donors (Lipinski definition) is 1. The highest BCUT2D eigenvalue weighted by atomic mass is 16.6. The Hall–Kier alpha value is -1.88. The predicted molar refractivity (Wildman–Crippen MR) is 85.6 cm³/mol. The fourth-order valence-corrected chi connectivity index (χ4v) is 2.55. The summed E-state index contributed by atoms with van der Waals surface area (Å²) in [6, 6.07) is 7.18. The number of allylic oxidation sites excluding steroid dienone is 1. The molecule has 1 fully saturated rings. The first-order valence-electron chi connectivity index (χ1n) is 7.42. The van der Waals surface area contributed by atoms with E-state index in [0.29, 0.717) is 11.7 Å². The van der Waals surface area contributed by atoms with E-state index in [2.05, 4.69) is 30.1 Å². The monoisotopic (exact) mass is 289 g/mol. The maximum absolute atomic E-state index is 11.0. The van der Waals surface area contributed by atoms with Crippen molar-refractivity contribution >= 4 is 11.4 Å². The number of nitro groups is 1. The summed E-state index contributed by atoms with van der Waals surface area (Å²) < 4.78 is 0. The SMILES string of the molecule is CC(C)=CCN1CCC(Nc2ccccc2[N+](=O)[O-])CC1. The van der Waals surface area contributed by atoms with Crippen molar-refractivity contribution in [3.8, 4) is 0 Å². The predicted octanol–water partition coefficient (Wildman–Crippen LogP) is 3.44. The Balaban J connectivity index is 1.89. The number of hydrogen-bond acceptors (Lipinski definition) is 4. The Kier molecular flexibility index (Phi) is 5.33. The van der Waals surface area contributed by atoms with E-state index in [1.165, 1.54) is 5.57 Å². The molecule has 0 radical (unpaired) electrons. The van der Waals surface area contributed by atoms with Crippen molar-refractivity contribution in [2.75, 3.05) is 25.0 Å². The van der Waals surface area contributed by atoms with Gasteiger partial charge in [0.05, 0.1) is 4.92 Å². The van der Waals surface area contributed by atoms with Gasteiger partial charge in [-0.05, 0) is 32.8 Å². The van der Waals surface area contributed by atoms with E-state index >= 15 is 0 Å². The summed E-state index contributed by atoms with van der Waals surface area (Å²) in [5.74, 6) is 0. The van der Waals surface area contributed by atoms with Crippen molar-refractivity contribution in [1.29, 1.82) is 0 Å². The highest BCUT2D eigenvalue weighted by Crippen LogP contribution is 2.26. The molecule has 1 aromatic carbocycles. The van der Waals surface area contributed by atoms with Gasteiger partial charge in [-0.2, -0.15) is 0 Å². The minimum atomic E-state index is -0.327. The van der Waals surface area contributed by atoms with E-state index < -0.39 is 0 Å². The Bertz CT molecular complexity index is 516. The van der Waals surface area contributed by atoms with Crippen molar-refractivity contribution in [3.05, 3.63) is 46.0 Å². The number of anilines is 1. The quantitative estimate of drug-likeness (QED) is 0.512. The maximum atomic E-state index is 11.0. The summed E-state index contributed by atoms with van der Waals surface area (Å²) in [5, 5.41) is 14.3. The van der Waals surface area contributed by atoms with Crippen molar-refractivity contribution in [3.63, 3.8) is 0 Å². The van der Waals surface area contributed by atoms with Crippen LogP contribution in [0.1, 0.15) is 26.7 Å². The molecule has 1 aliphatic rings. The molecule has 0 bridgehead atoms. The summed E-state index contributed by atoms with van der Waals surface area (Å²) in [5.41, 5.74) is 2.13. The van der Waals surface area contributed by atoms with Crippen LogP contribution in [-0.2, 0) is 0 Å². The van der Waals surface area contributed by atoms with Crippen LogP contribution in [0.25, 0.3) is 0 Å². The second kappa shape index (κ2) is 7.22. The van der Waals surface area contributed by atoms with E-state index in [-0.39, 0.29) is 10.6 Å². The van der Waals surface area contributed by atoms with Crippen LogP contribution < -0.4 is 5.32 Å². The number of nitrogens with one attached hydrogen (secondary N) is 1. The van der Waals surface area contributed by atoms with Crippen LogP contribution in [0.4, 0.5) is 11.4 Å². The normalized spacial score (nSPS) is 16.5. The summed E-state index contributed by atoms with van der Waals surface area (Å²) in [4.78, 5) is 13.1. The molecule has 5 heteroatoms. The number of nitro benzene ring substituents is 1. The summed E-state index contributed by atoms with van der Waals surface area (Å²) >= 11 is 0. The van der Waals surface area contributed by atoms with Crippen molar-refractivity contribution < 1.29 is 4.92 Å². The molecule has 1 aliphatic heterocycles. The van der Waals surface area contributed by atoms with Gasteiger partial charge in [-0.1, -0.05) is 23.8 Å². The largest absolute Gasteiger partial charge is 0.377 e. The lowest BCUT2D eigenvalue weighted by molar-refractivity contribution is -0.384. The van der Waals surface area contributed by atoms with E-state index in [0.717, 1.165) is 32.5 Å². The van der Waals surface area contributed by atoms with Crippen LogP contribution in [0.15, 0.2) is 35.9 Å². The summed E-state index contributed by atoms with van der Waals surface area (Å²) in [6.07, 6.45) is 4.28. The van der Waals surface area contributed by atoms with Crippen LogP contribution in [0.3, 0.4) is 0 Å². The molecule has 114 valence electrons. The van der Waals surface area contributed by atoms with Crippen molar-refractivity contribution in [2.24, 2.45) is 0 Å². The van der Waals surface area contributed by atoms with Gasteiger partial charge in [-0.3, -0.25) is 15.0 Å². The van der Waals surface area contributed by atoms with Crippen LogP contribution in [-0.4, -0.2) is 35.5 Å². The Labute approximate surface area is 125 Å². The minimum Gasteiger partial charge on any atom is -0.377 e. The fraction of sp³-hybridized carbons (Fsp3) is 0.500. The molecule has 0 atom stereocenters. The van der Waals surface area contributed by atoms with E-state index in [1.807, 2.05) is 6.07 Å². The van der Waals surface area contributed by atoms with E-state index in [9.17, 15) is 10.1 Å². The standard InChI is InChI=1S/C16H23N3O2/c1-13(2)7-10-18-11-8-14(9-12-18)17-15-5-3-4-6-16(15)19(20)21/h3-7,14,17H,8-12H2,1-2H3. The Morgan fingerprint density at radius 3 is 2.67 bits per heavy atom. The lowest BCUT2D eigenvalue weighted by atomic mass is 10.0. The van der Waals surface area contributed by atoms with Gasteiger partial charge in [0, 0.05) is 31.7 Å². The first-order valence-corrected chi connectivity index (χ1v) is 7.42. The van der Waals surface area contributed by atoms with Crippen LogP contribution >= 0.6 is 0 Å². The zero-order valence-electron chi connectivity index (χ0n) is 12.7. The van der Waals surface area contributed by atoms with E-state index in [1.54, 1.807) is 18.2 Å². The molecular weight excluding hydrogens is 266 g/mol. The average Bonchev–Trinajstić information content (AvgIpc) is 2.47. The van der Waals surface area contributed by atoms with Crippen molar-refractivity contribution in [2.45, 2.75) is 32.7 Å². The second-order valence-corrected chi connectivity index (χ2v) is 5.77. The zero-order valence-corrected chi connectivity index (χ0v) is 12.7. The van der Waals surface area contributed by atoms with Gasteiger partial charge >= 0.3 is 0 Å². The lowest BCUT2D eigenvalue weighted by Crippen LogP contribution is -2.39. The molecule has 21 heavy (non-hydrogen) atoms. The molecule has 1 N–H and O–H groups in total. The molecule has 0 saturated carbocycles. The first kappa shape index (κ1) is 15.5.